The number of likely N-dealkylation sites (tertiary alicyclic amines) is 1. The molecule has 1 atom stereocenters. The number of Topliss-reactive ketones (excluding diaryl/α,β-unsaturated/α-hetero) is 1. The highest BCUT2D eigenvalue weighted by atomic mass is 16.5. The highest BCUT2D eigenvalue weighted by Gasteiger charge is 2.45. The van der Waals surface area contributed by atoms with Crippen molar-refractivity contribution in [2.45, 2.75) is 26.0 Å². The first-order valence-corrected chi connectivity index (χ1v) is 12.3. The number of hydrogen-bond donors (Lipinski definition) is 2. The molecule has 0 aliphatic carbocycles. The number of ketones is 1. The molecule has 0 saturated carbocycles. The minimum absolute atomic E-state index is 0.0361. The predicted octanol–water partition coefficient (Wildman–Crippen LogP) is 4.65. The Kier molecular flexibility index (Phi) is 7.94. The van der Waals surface area contributed by atoms with E-state index in [2.05, 4.69) is 6.07 Å². The number of amides is 1. The first-order chi connectivity index (χ1) is 17.7. The van der Waals surface area contributed by atoms with E-state index < -0.39 is 17.7 Å². The van der Waals surface area contributed by atoms with Gasteiger partial charge in [0.15, 0.2) is 0 Å². The molecular weight excluding hydrogens is 468 g/mol. The Labute approximate surface area is 217 Å². The van der Waals surface area contributed by atoms with Gasteiger partial charge in [-0.3, -0.25) is 9.59 Å². The summed E-state index contributed by atoms with van der Waals surface area (Å²) in [5, 5.41) is 21.0. The summed E-state index contributed by atoms with van der Waals surface area (Å²) in [6.07, 6.45) is 0.668. The molecule has 0 radical (unpaired) electrons. The molecule has 192 valence electrons. The molecule has 1 heterocycles. The van der Waals surface area contributed by atoms with Crippen molar-refractivity contribution in [3.05, 3.63) is 101 Å². The second kappa shape index (κ2) is 11.3. The topological polar surface area (TPSA) is 90.3 Å². The van der Waals surface area contributed by atoms with Crippen molar-refractivity contribution >= 4 is 17.4 Å². The van der Waals surface area contributed by atoms with E-state index in [4.69, 9.17) is 4.74 Å². The number of benzene rings is 3. The molecule has 7 nitrogen and oxygen atoms in total. The molecule has 1 aliphatic rings. The maximum absolute atomic E-state index is 13.1. The quantitative estimate of drug-likeness (QED) is 0.253. The second-order valence-corrected chi connectivity index (χ2v) is 9.54. The number of phenolic OH excluding ortho intramolecular Hbond substituents is 1. The fourth-order valence-corrected chi connectivity index (χ4v) is 4.50. The van der Waals surface area contributed by atoms with Gasteiger partial charge in [0.05, 0.1) is 11.6 Å². The van der Waals surface area contributed by atoms with Crippen LogP contribution >= 0.6 is 0 Å². The zero-order valence-corrected chi connectivity index (χ0v) is 21.3. The van der Waals surface area contributed by atoms with Crippen LogP contribution in [-0.2, 0) is 16.2 Å². The molecule has 1 fully saturated rings. The van der Waals surface area contributed by atoms with Gasteiger partial charge in [-0.25, -0.2) is 0 Å². The molecule has 1 saturated heterocycles. The van der Waals surface area contributed by atoms with Gasteiger partial charge in [-0.15, -0.1) is 0 Å². The lowest BCUT2D eigenvalue weighted by molar-refractivity contribution is -0.139. The number of aryl methyl sites for hydroxylation is 1. The number of hydrogen-bond acceptors (Lipinski definition) is 6. The second-order valence-electron chi connectivity index (χ2n) is 9.54. The van der Waals surface area contributed by atoms with E-state index in [0.717, 1.165) is 17.7 Å². The summed E-state index contributed by atoms with van der Waals surface area (Å²) in [4.78, 5) is 29.7. The lowest BCUT2D eigenvalue weighted by Crippen LogP contribution is -2.32. The molecule has 4 rings (SSSR count). The van der Waals surface area contributed by atoms with Gasteiger partial charge in [0.2, 0.25) is 0 Å². The van der Waals surface area contributed by atoms with E-state index in [1.165, 1.54) is 17.0 Å². The molecule has 1 amide bonds. The van der Waals surface area contributed by atoms with E-state index in [1.807, 2.05) is 44.1 Å². The van der Waals surface area contributed by atoms with Crippen LogP contribution in [0.5, 0.6) is 11.5 Å². The summed E-state index contributed by atoms with van der Waals surface area (Å²) >= 11 is 0. The minimum atomic E-state index is -0.750. The molecular formula is C30H32N2O5. The number of carbonyl (C=O) groups is 2. The van der Waals surface area contributed by atoms with Crippen molar-refractivity contribution in [2.24, 2.45) is 0 Å². The number of rotatable bonds is 9. The van der Waals surface area contributed by atoms with Gasteiger partial charge in [-0.2, -0.15) is 0 Å². The average molecular weight is 501 g/mol. The van der Waals surface area contributed by atoms with Crippen LogP contribution in [-0.4, -0.2) is 58.9 Å². The van der Waals surface area contributed by atoms with E-state index in [9.17, 15) is 19.8 Å². The van der Waals surface area contributed by atoms with Crippen LogP contribution in [0.1, 0.15) is 34.7 Å². The summed E-state index contributed by atoms with van der Waals surface area (Å²) in [5.74, 6) is -0.903. The molecule has 3 aromatic rings. The Morgan fingerprint density at radius 1 is 1.00 bits per heavy atom. The first-order valence-electron chi connectivity index (χ1n) is 12.3. The number of aromatic hydroxyl groups is 1. The Morgan fingerprint density at radius 2 is 1.70 bits per heavy atom. The minimum Gasteiger partial charge on any atom is -0.508 e. The Balaban J connectivity index is 1.62. The number of aliphatic hydroxyl groups excluding tert-OH is 1. The molecule has 0 unspecified atom stereocenters. The monoisotopic (exact) mass is 500 g/mol. The maximum Gasteiger partial charge on any atom is 0.295 e. The molecule has 0 spiro atoms. The van der Waals surface area contributed by atoms with Gasteiger partial charge < -0.3 is 24.7 Å². The maximum atomic E-state index is 13.1. The van der Waals surface area contributed by atoms with Gasteiger partial charge in [-0.1, -0.05) is 42.0 Å². The Bertz CT molecular complexity index is 1300. The molecule has 0 aromatic heterocycles. The van der Waals surface area contributed by atoms with Crippen molar-refractivity contribution in [3.63, 3.8) is 0 Å². The van der Waals surface area contributed by atoms with E-state index >= 15 is 0 Å². The predicted molar refractivity (Wildman–Crippen MR) is 142 cm³/mol. The number of aliphatic hydroxyl groups is 1. The summed E-state index contributed by atoms with van der Waals surface area (Å²) in [7, 11) is 3.89. The molecule has 37 heavy (non-hydrogen) atoms. The zero-order valence-electron chi connectivity index (χ0n) is 21.3. The van der Waals surface area contributed by atoms with E-state index in [0.29, 0.717) is 36.4 Å². The zero-order chi connectivity index (χ0) is 26.5. The van der Waals surface area contributed by atoms with Gasteiger partial charge in [0, 0.05) is 12.1 Å². The smallest absolute Gasteiger partial charge is 0.295 e. The van der Waals surface area contributed by atoms with E-state index in [1.54, 1.807) is 36.4 Å². The van der Waals surface area contributed by atoms with Crippen LogP contribution < -0.4 is 4.74 Å². The van der Waals surface area contributed by atoms with Crippen molar-refractivity contribution < 1.29 is 24.5 Å². The largest absolute Gasteiger partial charge is 0.508 e. The third-order valence-corrected chi connectivity index (χ3v) is 6.37. The Hall–Kier alpha value is -4.10. The van der Waals surface area contributed by atoms with Gasteiger partial charge in [0.1, 0.15) is 23.9 Å². The summed E-state index contributed by atoms with van der Waals surface area (Å²) in [5.41, 5.74) is 3.30. The summed E-state index contributed by atoms with van der Waals surface area (Å²) in [6, 6.07) is 20.5. The van der Waals surface area contributed by atoms with Crippen LogP contribution in [0.4, 0.5) is 0 Å². The molecule has 2 N–H and O–H groups in total. The van der Waals surface area contributed by atoms with Crippen LogP contribution in [0, 0.1) is 6.92 Å². The van der Waals surface area contributed by atoms with Gasteiger partial charge in [0.25, 0.3) is 11.7 Å². The van der Waals surface area contributed by atoms with Crippen LogP contribution in [0.15, 0.2) is 78.4 Å². The third-order valence-electron chi connectivity index (χ3n) is 6.37. The highest BCUT2D eigenvalue weighted by molar-refractivity contribution is 6.46. The summed E-state index contributed by atoms with van der Waals surface area (Å²) in [6.45, 7) is 3.54. The molecule has 0 bridgehead atoms. The average Bonchev–Trinajstić information content (AvgIpc) is 3.13. The number of ether oxygens (including phenoxy) is 1. The SMILES string of the molecule is Cc1cccc(COc2ccc(/C(O)=C3\C(=O)C(=O)N(CCCN(C)C)[C@H]3c3ccc(O)cc3)cc2)c1. The molecule has 3 aromatic carbocycles. The molecule has 1 aliphatic heterocycles. The van der Waals surface area contributed by atoms with Crippen LogP contribution in [0.25, 0.3) is 5.76 Å². The van der Waals surface area contributed by atoms with Crippen molar-refractivity contribution in [1.29, 1.82) is 0 Å². The normalized spacial score (nSPS) is 17.0. The van der Waals surface area contributed by atoms with Crippen LogP contribution in [0.3, 0.4) is 0 Å². The lowest BCUT2D eigenvalue weighted by Gasteiger charge is -2.26. The standard InChI is InChI=1S/C30H32N2O5/c1-20-6-4-7-21(18-20)19-37-25-14-10-23(11-15-25)28(34)26-27(22-8-12-24(33)13-9-22)32(30(36)29(26)35)17-5-16-31(2)3/h4,6-15,18,27,33-34H,5,16-17,19H2,1-3H3/b28-26+/t27-/m0/s1. The van der Waals surface area contributed by atoms with Crippen molar-refractivity contribution in [3.8, 4) is 11.5 Å². The van der Waals surface area contributed by atoms with Crippen molar-refractivity contribution in [2.75, 3.05) is 27.2 Å². The third kappa shape index (κ3) is 6.01. The van der Waals surface area contributed by atoms with Crippen molar-refractivity contribution in [1.82, 2.24) is 9.80 Å². The van der Waals surface area contributed by atoms with Crippen LogP contribution in [0.2, 0.25) is 0 Å². The summed E-state index contributed by atoms with van der Waals surface area (Å²) < 4.78 is 5.87. The Morgan fingerprint density at radius 3 is 2.35 bits per heavy atom. The number of phenols is 1. The number of carbonyl (C=O) groups excluding carboxylic acids is 2. The molecule has 7 heteroatoms. The first kappa shape index (κ1) is 26.0. The van der Waals surface area contributed by atoms with E-state index in [-0.39, 0.29) is 17.1 Å². The lowest BCUT2D eigenvalue weighted by atomic mass is 9.95. The fourth-order valence-electron chi connectivity index (χ4n) is 4.50. The fraction of sp³-hybridized carbons (Fsp3) is 0.267. The van der Waals surface area contributed by atoms with Gasteiger partial charge in [-0.05, 0) is 81.5 Å². The van der Waals surface area contributed by atoms with Gasteiger partial charge >= 0.3 is 0 Å². The number of nitrogens with zero attached hydrogens (tertiary/aromatic N) is 2. The highest BCUT2D eigenvalue weighted by Crippen LogP contribution is 2.40.